The molecule has 1 heterocycles. The molecule has 2 aromatic rings. The van der Waals surface area contributed by atoms with Crippen LogP contribution in [0, 0.1) is 29.1 Å². The Balaban J connectivity index is 2.48. The second kappa shape index (κ2) is 4.67. The monoisotopic (exact) mass is 276 g/mol. The summed E-state index contributed by atoms with van der Waals surface area (Å²) in [6, 6.07) is 2.40. The highest BCUT2D eigenvalue weighted by Gasteiger charge is 2.26. The summed E-state index contributed by atoms with van der Waals surface area (Å²) in [5.74, 6) is -10.5. The Hall–Kier alpha value is -2.45. The van der Waals surface area contributed by atoms with Crippen LogP contribution in [0.5, 0.6) is 0 Å². The molecule has 1 aromatic heterocycles. The number of anilines is 3. The van der Waals surface area contributed by atoms with Gasteiger partial charge >= 0.3 is 0 Å². The van der Waals surface area contributed by atoms with Crippen LogP contribution in [0.15, 0.2) is 12.1 Å². The van der Waals surface area contributed by atoms with Gasteiger partial charge in [0.15, 0.2) is 29.1 Å². The predicted molar refractivity (Wildman–Crippen MR) is 56.0 cm³/mol. The van der Waals surface area contributed by atoms with Gasteiger partial charge in [0.1, 0.15) is 11.5 Å². The van der Waals surface area contributed by atoms with Crippen molar-refractivity contribution in [3.63, 3.8) is 0 Å². The first-order valence-corrected chi connectivity index (χ1v) is 4.79. The standard InChI is InChI=1S/C10H5F5N4/c11-5-6(12)8(14)10(9(15)7(5)13)17-4-2-1-3(16)18-19-4/h1-2H,(H2,16,18)(H,17,19). The van der Waals surface area contributed by atoms with Gasteiger partial charge in [-0.3, -0.25) is 0 Å². The molecule has 19 heavy (non-hydrogen) atoms. The highest BCUT2D eigenvalue weighted by Crippen LogP contribution is 2.28. The molecule has 0 radical (unpaired) electrons. The van der Waals surface area contributed by atoms with E-state index in [1.807, 2.05) is 5.32 Å². The zero-order valence-corrected chi connectivity index (χ0v) is 9.02. The van der Waals surface area contributed by atoms with Crippen molar-refractivity contribution >= 4 is 17.3 Å². The smallest absolute Gasteiger partial charge is 0.200 e. The molecule has 0 amide bonds. The lowest BCUT2D eigenvalue weighted by molar-refractivity contribution is 0.382. The van der Waals surface area contributed by atoms with Gasteiger partial charge in [0.25, 0.3) is 0 Å². The number of nitrogen functional groups attached to an aromatic ring is 1. The van der Waals surface area contributed by atoms with Crippen LogP contribution in [-0.4, -0.2) is 10.2 Å². The normalized spacial score (nSPS) is 10.6. The summed E-state index contributed by atoms with van der Waals surface area (Å²) >= 11 is 0. The quantitative estimate of drug-likeness (QED) is 0.502. The lowest BCUT2D eigenvalue weighted by atomic mass is 10.2. The van der Waals surface area contributed by atoms with Crippen LogP contribution in [0.1, 0.15) is 0 Å². The average Bonchev–Trinajstić information content (AvgIpc) is 2.41. The molecule has 0 saturated heterocycles. The Morgan fingerprint density at radius 2 is 1.32 bits per heavy atom. The van der Waals surface area contributed by atoms with Gasteiger partial charge in [0, 0.05) is 0 Å². The van der Waals surface area contributed by atoms with Crippen molar-refractivity contribution in [3.8, 4) is 0 Å². The van der Waals surface area contributed by atoms with Crippen molar-refractivity contribution in [2.45, 2.75) is 0 Å². The van der Waals surface area contributed by atoms with E-state index in [1.54, 1.807) is 0 Å². The summed E-state index contributed by atoms with van der Waals surface area (Å²) in [5, 5.41) is 8.69. The molecule has 0 bridgehead atoms. The van der Waals surface area contributed by atoms with E-state index in [1.165, 1.54) is 12.1 Å². The van der Waals surface area contributed by atoms with Gasteiger partial charge in [0.2, 0.25) is 5.82 Å². The lowest BCUT2D eigenvalue weighted by Gasteiger charge is -2.09. The highest BCUT2D eigenvalue weighted by molar-refractivity contribution is 5.58. The van der Waals surface area contributed by atoms with Gasteiger partial charge in [-0.15, -0.1) is 10.2 Å². The number of rotatable bonds is 2. The van der Waals surface area contributed by atoms with Crippen molar-refractivity contribution in [1.29, 1.82) is 0 Å². The predicted octanol–water partition coefficient (Wildman–Crippen LogP) is 2.50. The van der Waals surface area contributed by atoms with Crippen molar-refractivity contribution in [2.75, 3.05) is 11.1 Å². The molecule has 100 valence electrons. The maximum Gasteiger partial charge on any atom is 0.200 e. The highest BCUT2D eigenvalue weighted by atomic mass is 19.2. The molecule has 0 aliphatic heterocycles. The molecule has 0 aliphatic rings. The molecule has 2 rings (SSSR count). The molecular weight excluding hydrogens is 271 g/mol. The fourth-order valence-corrected chi connectivity index (χ4v) is 1.25. The molecule has 0 fully saturated rings. The van der Waals surface area contributed by atoms with E-state index in [4.69, 9.17) is 5.73 Å². The molecule has 4 nitrogen and oxygen atoms in total. The molecule has 9 heteroatoms. The fraction of sp³-hybridized carbons (Fsp3) is 0. The van der Waals surface area contributed by atoms with Crippen LogP contribution in [0.3, 0.4) is 0 Å². The molecule has 0 saturated carbocycles. The first-order chi connectivity index (χ1) is 8.91. The van der Waals surface area contributed by atoms with Crippen LogP contribution >= 0.6 is 0 Å². The van der Waals surface area contributed by atoms with Crippen molar-refractivity contribution in [3.05, 3.63) is 41.2 Å². The second-order valence-corrected chi connectivity index (χ2v) is 3.41. The van der Waals surface area contributed by atoms with Crippen molar-refractivity contribution in [1.82, 2.24) is 10.2 Å². The van der Waals surface area contributed by atoms with E-state index < -0.39 is 34.8 Å². The number of nitrogens with zero attached hydrogens (tertiary/aromatic N) is 2. The third-order valence-electron chi connectivity index (χ3n) is 2.15. The summed E-state index contributed by atoms with van der Waals surface area (Å²) in [6.45, 7) is 0. The third-order valence-corrected chi connectivity index (χ3v) is 2.15. The Morgan fingerprint density at radius 3 is 1.79 bits per heavy atom. The Labute approximate surface area is 103 Å². The zero-order valence-electron chi connectivity index (χ0n) is 9.02. The van der Waals surface area contributed by atoms with Gasteiger partial charge in [-0.25, -0.2) is 22.0 Å². The van der Waals surface area contributed by atoms with Crippen molar-refractivity contribution in [2.24, 2.45) is 0 Å². The first-order valence-electron chi connectivity index (χ1n) is 4.79. The molecule has 0 atom stereocenters. The Bertz CT molecular complexity index is 600. The summed E-state index contributed by atoms with van der Waals surface area (Å²) in [7, 11) is 0. The number of hydrogen-bond acceptors (Lipinski definition) is 4. The summed E-state index contributed by atoms with van der Waals surface area (Å²) in [5.41, 5.74) is 4.02. The van der Waals surface area contributed by atoms with E-state index in [0.29, 0.717) is 0 Å². The maximum absolute atomic E-state index is 13.3. The summed E-state index contributed by atoms with van der Waals surface area (Å²) in [4.78, 5) is 0. The molecule has 3 N–H and O–H groups in total. The van der Waals surface area contributed by atoms with E-state index in [2.05, 4.69) is 10.2 Å². The zero-order chi connectivity index (χ0) is 14.2. The molecule has 0 spiro atoms. The van der Waals surface area contributed by atoms with Gasteiger partial charge in [0.05, 0.1) is 0 Å². The van der Waals surface area contributed by atoms with Crippen LogP contribution in [0.2, 0.25) is 0 Å². The third kappa shape index (κ3) is 2.26. The van der Waals surface area contributed by atoms with Crippen LogP contribution < -0.4 is 11.1 Å². The van der Waals surface area contributed by atoms with Gasteiger partial charge in [-0.05, 0) is 12.1 Å². The number of benzene rings is 1. The lowest BCUT2D eigenvalue weighted by Crippen LogP contribution is -2.08. The Kier molecular flexibility index (Phi) is 3.19. The average molecular weight is 276 g/mol. The minimum atomic E-state index is -2.23. The molecule has 1 aromatic carbocycles. The minimum Gasteiger partial charge on any atom is -0.382 e. The fourth-order valence-electron chi connectivity index (χ4n) is 1.25. The number of hydrogen-bond donors (Lipinski definition) is 2. The van der Waals surface area contributed by atoms with E-state index in [-0.39, 0.29) is 11.6 Å². The minimum absolute atomic E-state index is 0.0305. The van der Waals surface area contributed by atoms with E-state index in [0.717, 1.165) is 0 Å². The van der Waals surface area contributed by atoms with Crippen molar-refractivity contribution < 1.29 is 22.0 Å². The van der Waals surface area contributed by atoms with E-state index in [9.17, 15) is 22.0 Å². The SMILES string of the molecule is Nc1ccc(Nc2c(F)c(F)c(F)c(F)c2F)nn1. The number of aromatic nitrogens is 2. The topological polar surface area (TPSA) is 63.8 Å². The van der Waals surface area contributed by atoms with Crippen LogP contribution in [-0.2, 0) is 0 Å². The summed E-state index contributed by atoms with van der Waals surface area (Å²) < 4.78 is 65.2. The Morgan fingerprint density at radius 1 is 0.789 bits per heavy atom. The van der Waals surface area contributed by atoms with Crippen LogP contribution in [0.25, 0.3) is 0 Å². The van der Waals surface area contributed by atoms with Gasteiger partial charge < -0.3 is 11.1 Å². The summed E-state index contributed by atoms with van der Waals surface area (Å²) in [6.07, 6.45) is 0. The molecular formula is C10H5F5N4. The van der Waals surface area contributed by atoms with E-state index >= 15 is 0 Å². The number of halogens is 5. The number of nitrogens with two attached hydrogens (primary N) is 1. The molecule has 0 unspecified atom stereocenters. The molecule has 0 aliphatic carbocycles. The van der Waals surface area contributed by atoms with Crippen LogP contribution in [0.4, 0.5) is 39.3 Å². The second-order valence-electron chi connectivity index (χ2n) is 3.41. The largest absolute Gasteiger partial charge is 0.382 e. The maximum atomic E-state index is 13.3. The van der Waals surface area contributed by atoms with Gasteiger partial charge in [-0.2, -0.15) is 0 Å². The number of nitrogens with one attached hydrogen (secondary N) is 1. The van der Waals surface area contributed by atoms with Gasteiger partial charge in [-0.1, -0.05) is 0 Å². The first kappa shape index (κ1) is 13.0.